The molecule has 1 aromatic heterocycles. The maximum atomic E-state index is 12.2. The summed E-state index contributed by atoms with van der Waals surface area (Å²) in [5.41, 5.74) is 2.06. The molecule has 0 saturated carbocycles. The van der Waals surface area contributed by atoms with Crippen molar-refractivity contribution in [1.82, 2.24) is 20.1 Å². The van der Waals surface area contributed by atoms with Gasteiger partial charge in [-0.05, 0) is 45.1 Å². The molecule has 5 nitrogen and oxygen atoms in total. The molecule has 0 aromatic carbocycles. The molecule has 0 fully saturated rings. The molecule has 0 saturated heterocycles. The average Bonchev–Trinajstić information content (AvgIpc) is 2.37. The third-order valence-electron chi connectivity index (χ3n) is 3.13. The standard InChI is InChI=1S/C15H26N4O/c1-6-14(11-18(3)4)17-15(20)19(5)10-13-7-8-16-12(2)9-13/h7-9,14H,6,10-11H2,1-5H3,(H,17,20)/t14-/m0/s1. The monoisotopic (exact) mass is 278 g/mol. The van der Waals surface area contributed by atoms with E-state index in [-0.39, 0.29) is 12.1 Å². The van der Waals surface area contributed by atoms with Gasteiger partial charge < -0.3 is 15.1 Å². The summed E-state index contributed by atoms with van der Waals surface area (Å²) >= 11 is 0. The highest BCUT2D eigenvalue weighted by Gasteiger charge is 2.14. The number of hydrogen-bond donors (Lipinski definition) is 1. The van der Waals surface area contributed by atoms with Crippen LogP contribution in [0.1, 0.15) is 24.6 Å². The van der Waals surface area contributed by atoms with Crippen LogP contribution in [0.5, 0.6) is 0 Å². The number of carbonyl (C=O) groups is 1. The van der Waals surface area contributed by atoms with Gasteiger partial charge in [-0.1, -0.05) is 6.92 Å². The topological polar surface area (TPSA) is 48.5 Å². The first kappa shape index (κ1) is 16.4. The van der Waals surface area contributed by atoms with E-state index in [4.69, 9.17) is 0 Å². The van der Waals surface area contributed by atoms with Gasteiger partial charge in [0.2, 0.25) is 0 Å². The lowest BCUT2D eigenvalue weighted by Crippen LogP contribution is -2.46. The predicted molar refractivity (Wildman–Crippen MR) is 81.6 cm³/mol. The number of hydrogen-bond acceptors (Lipinski definition) is 3. The lowest BCUT2D eigenvalue weighted by atomic mass is 10.2. The van der Waals surface area contributed by atoms with E-state index in [2.05, 4.69) is 22.1 Å². The molecule has 5 heteroatoms. The SMILES string of the molecule is CC[C@@H](CN(C)C)NC(=O)N(C)Cc1ccnc(C)c1. The molecule has 1 atom stereocenters. The van der Waals surface area contributed by atoms with Gasteiger partial charge in [0.25, 0.3) is 0 Å². The van der Waals surface area contributed by atoms with E-state index in [9.17, 15) is 4.79 Å². The number of rotatable bonds is 6. The Balaban J connectivity index is 2.54. The van der Waals surface area contributed by atoms with Crippen LogP contribution in [0.2, 0.25) is 0 Å². The number of aryl methyl sites for hydroxylation is 1. The normalized spacial score (nSPS) is 12.3. The Labute approximate surface area is 122 Å². The summed E-state index contributed by atoms with van der Waals surface area (Å²) < 4.78 is 0. The van der Waals surface area contributed by atoms with Gasteiger partial charge in [-0.3, -0.25) is 4.98 Å². The quantitative estimate of drug-likeness (QED) is 0.864. The first-order valence-corrected chi connectivity index (χ1v) is 7.00. The molecule has 1 heterocycles. The van der Waals surface area contributed by atoms with Gasteiger partial charge in [0.15, 0.2) is 0 Å². The number of carbonyl (C=O) groups excluding carboxylic acids is 1. The minimum absolute atomic E-state index is 0.0341. The van der Waals surface area contributed by atoms with Crippen LogP contribution in [0, 0.1) is 6.92 Å². The zero-order chi connectivity index (χ0) is 15.1. The molecule has 0 spiro atoms. The minimum atomic E-state index is -0.0341. The lowest BCUT2D eigenvalue weighted by molar-refractivity contribution is 0.198. The van der Waals surface area contributed by atoms with E-state index >= 15 is 0 Å². The highest BCUT2D eigenvalue weighted by molar-refractivity contribution is 5.74. The second kappa shape index (κ2) is 7.85. The molecule has 0 aliphatic carbocycles. The average molecular weight is 278 g/mol. The zero-order valence-corrected chi connectivity index (χ0v) is 13.2. The molecule has 112 valence electrons. The molecule has 0 unspecified atom stereocenters. The zero-order valence-electron chi connectivity index (χ0n) is 13.2. The van der Waals surface area contributed by atoms with Crippen molar-refractivity contribution < 1.29 is 4.79 Å². The van der Waals surface area contributed by atoms with Gasteiger partial charge >= 0.3 is 6.03 Å². The van der Waals surface area contributed by atoms with Gasteiger partial charge in [0, 0.05) is 38.1 Å². The van der Waals surface area contributed by atoms with Crippen LogP contribution < -0.4 is 5.32 Å². The highest BCUT2D eigenvalue weighted by Crippen LogP contribution is 2.05. The van der Waals surface area contributed by atoms with Crippen molar-refractivity contribution in [2.75, 3.05) is 27.7 Å². The Bertz CT molecular complexity index is 434. The first-order chi connectivity index (χ1) is 9.42. The van der Waals surface area contributed by atoms with Crippen LogP contribution in [0.4, 0.5) is 4.79 Å². The summed E-state index contributed by atoms with van der Waals surface area (Å²) in [6.45, 7) is 5.48. The summed E-state index contributed by atoms with van der Waals surface area (Å²) in [4.78, 5) is 20.1. The number of aromatic nitrogens is 1. The van der Waals surface area contributed by atoms with Crippen LogP contribution in [-0.4, -0.2) is 54.5 Å². The summed E-state index contributed by atoms with van der Waals surface area (Å²) in [7, 11) is 5.84. The van der Waals surface area contributed by atoms with Crippen LogP contribution in [0.15, 0.2) is 18.3 Å². The number of amides is 2. The molecule has 0 aliphatic heterocycles. The Hall–Kier alpha value is -1.62. The molecule has 1 rings (SSSR count). The van der Waals surface area contributed by atoms with Gasteiger partial charge in [-0.15, -0.1) is 0 Å². The molecule has 20 heavy (non-hydrogen) atoms. The summed E-state index contributed by atoms with van der Waals surface area (Å²) in [5.74, 6) is 0. The van der Waals surface area contributed by atoms with E-state index in [1.54, 1.807) is 11.1 Å². The Morgan fingerprint density at radius 3 is 2.65 bits per heavy atom. The number of pyridine rings is 1. The van der Waals surface area contributed by atoms with E-state index in [0.29, 0.717) is 6.54 Å². The Morgan fingerprint density at radius 2 is 2.10 bits per heavy atom. The molecule has 1 aromatic rings. The molecule has 0 aliphatic rings. The number of nitrogens with one attached hydrogen (secondary N) is 1. The number of nitrogens with zero attached hydrogens (tertiary/aromatic N) is 3. The Kier molecular flexibility index (Phi) is 6.45. The van der Waals surface area contributed by atoms with Crippen LogP contribution in [0.25, 0.3) is 0 Å². The fourth-order valence-electron chi connectivity index (χ4n) is 2.05. The van der Waals surface area contributed by atoms with E-state index in [1.807, 2.05) is 40.2 Å². The van der Waals surface area contributed by atoms with E-state index in [0.717, 1.165) is 24.2 Å². The number of likely N-dealkylation sites (N-methyl/N-ethyl adjacent to an activating group) is 1. The van der Waals surface area contributed by atoms with Crippen molar-refractivity contribution in [2.24, 2.45) is 0 Å². The molecule has 1 N–H and O–H groups in total. The summed E-state index contributed by atoms with van der Waals surface area (Å²) in [6.07, 6.45) is 2.70. The Morgan fingerprint density at radius 1 is 1.40 bits per heavy atom. The fraction of sp³-hybridized carbons (Fsp3) is 0.600. The predicted octanol–water partition coefficient (Wildman–Crippen LogP) is 1.87. The molecular weight excluding hydrogens is 252 g/mol. The molecule has 0 bridgehead atoms. The molecule has 2 amide bonds. The largest absolute Gasteiger partial charge is 0.334 e. The van der Waals surface area contributed by atoms with Gasteiger partial charge in [0.05, 0.1) is 0 Å². The molecule has 0 radical (unpaired) electrons. The maximum Gasteiger partial charge on any atom is 0.317 e. The summed E-state index contributed by atoms with van der Waals surface area (Å²) in [6, 6.07) is 4.08. The van der Waals surface area contributed by atoms with Crippen molar-refractivity contribution >= 4 is 6.03 Å². The minimum Gasteiger partial charge on any atom is -0.334 e. The van der Waals surface area contributed by atoms with E-state index in [1.165, 1.54) is 0 Å². The highest BCUT2D eigenvalue weighted by atomic mass is 16.2. The third-order valence-corrected chi connectivity index (χ3v) is 3.13. The van der Waals surface area contributed by atoms with Gasteiger partial charge in [0.1, 0.15) is 0 Å². The van der Waals surface area contributed by atoms with Crippen molar-refractivity contribution in [3.05, 3.63) is 29.6 Å². The first-order valence-electron chi connectivity index (χ1n) is 7.00. The smallest absolute Gasteiger partial charge is 0.317 e. The maximum absolute atomic E-state index is 12.2. The number of urea groups is 1. The molecular formula is C15H26N4O. The van der Waals surface area contributed by atoms with Gasteiger partial charge in [-0.2, -0.15) is 0 Å². The fourth-order valence-corrected chi connectivity index (χ4v) is 2.05. The van der Waals surface area contributed by atoms with Crippen LogP contribution in [-0.2, 0) is 6.54 Å². The van der Waals surface area contributed by atoms with Gasteiger partial charge in [-0.25, -0.2) is 4.79 Å². The third kappa shape index (κ3) is 5.57. The van der Waals surface area contributed by atoms with E-state index < -0.39 is 0 Å². The van der Waals surface area contributed by atoms with Crippen molar-refractivity contribution in [3.63, 3.8) is 0 Å². The van der Waals surface area contributed by atoms with Crippen molar-refractivity contribution in [3.8, 4) is 0 Å². The van der Waals surface area contributed by atoms with Crippen molar-refractivity contribution in [2.45, 2.75) is 32.9 Å². The second-order valence-electron chi connectivity index (χ2n) is 5.48. The second-order valence-corrected chi connectivity index (χ2v) is 5.48. The lowest BCUT2D eigenvalue weighted by Gasteiger charge is -2.25. The van der Waals surface area contributed by atoms with Crippen molar-refractivity contribution in [1.29, 1.82) is 0 Å². The van der Waals surface area contributed by atoms with Crippen LogP contribution in [0.3, 0.4) is 0 Å². The van der Waals surface area contributed by atoms with Crippen LogP contribution >= 0.6 is 0 Å². The summed E-state index contributed by atoms with van der Waals surface area (Å²) in [5, 5.41) is 3.06.